The molecule has 0 saturated carbocycles. The summed E-state index contributed by atoms with van der Waals surface area (Å²) in [6.07, 6.45) is 2.88. The van der Waals surface area contributed by atoms with E-state index in [1.54, 1.807) is 12.3 Å². The van der Waals surface area contributed by atoms with Crippen LogP contribution in [0.2, 0.25) is 0 Å². The molecule has 0 amide bonds. The van der Waals surface area contributed by atoms with E-state index in [0.717, 1.165) is 26.3 Å². The zero-order valence-electron chi connectivity index (χ0n) is 7.95. The second-order valence-electron chi connectivity index (χ2n) is 3.36. The summed E-state index contributed by atoms with van der Waals surface area (Å²) in [6, 6.07) is 1.73. The van der Waals surface area contributed by atoms with Gasteiger partial charge in [-0.1, -0.05) is 0 Å². The fourth-order valence-corrected chi connectivity index (χ4v) is 1.53. The molecule has 0 N–H and O–H groups in total. The van der Waals surface area contributed by atoms with Gasteiger partial charge in [0.15, 0.2) is 0 Å². The molecular weight excluding hydrogens is 183 g/mol. The van der Waals surface area contributed by atoms with E-state index in [2.05, 4.69) is 9.88 Å². The van der Waals surface area contributed by atoms with Gasteiger partial charge in [-0.25, -0.2) is 4.39 Å². The Balaban J connectivity index is 1.99. The highest BCUT2D eigenvalue weighted by Gasteiger charge is 2.12. The van der Waals surface area contributed by atoms with Crippen LogP contribution in [0.5, 0.6) is 0 Å². The van der Waals surface area contributed by atoms with Gasteiger partial charge in [0.2, 0.25) is 0 Å². The maximum Gasteiger partial charge on any atom is 0.145 e. The van der Waals surface area contributed by atoms with Crippen molar-refractivity contribution in [1.82, 2.24) is 9.88 Å². The van der Waals surface area contributed by atoms with Crippen LogP contribution in [0.1, 0.15) is 5.56 Å². The second-order valence-corrected chi connectivity index (χ2v) is 3.36. The van der Waals surface area contributed by atoms with E-state index >= 15 is 0 Å². The molecule has 1 aliphatic rings. The first-order valence-electron chi connectivity index (χ1n) is 4.75. The first-order chi connectivity index (χ1) is 6.86. The molecule has 76 valence electrons. The minimum absolute atomic E-state index is 0.223. The number of ether oxygens (including phenoxy) is 1. The van der Waals surface area contributed by atoms with Gasteiger partial charge in [0.25, 0.3) is 0 Å². The number of hydrogen-bond acceptors (Lipinski definition) is 3. The molecule has 0 aromatic carbocycles. The van der Waals surface area contributed by atoms with Crippen LogP contribution < -0.4 is 0 Å². The molecule has 1 fully saturated rings. The third-order valence-corrected chi connectivity index (χ3v) is 2.35. The van der Waals surface area contributed by atoms with Crippen molar-refractivity contribution in [3.8, 4) is 0 Å². The largest absolute Gasteiger partial charge is 0.379 e. The summed E-state index contributed by atoms with van der Waals surface area (Å²) in [4.78, 5) is 5.90. The van der Waals surface area contributed by atoms with Gasteiger partial charge >= 0.3 is 0 Å². The van der Waals surface area contributed by atoms with Crippen LogP contribution in [0.3, 0.4) is 0 Å². The summed E-state index contributed by atoms with van der Waals surface area (Å²) in [5, 5.41) is 0. The first-order valence-corrected chi connectivity index (χ1v) is 4.75. The van der Waals surface area contributed by atoms with Crippen molar-refractivity contribution in [3.05, 3.63) is 29.8 Å². The van der Waals surface area contributed by atoms with Crippen LogP contribution in [0, 0.1) is 5.82 Å². The lowest BCUT2D eigenvalue weighted by molar-refractivity contribution is 0.0337. The van der Waals surface area contributed by atoms with E-state index in [0.29, 0.717) is 12.1 Å². The molecule has 1 aromatic heterocycles. The van der Waals surface area contributed by atoms with Crippen LogP contribution in [0.25, 0.3) is 0 Å². The highest BCUT2D eigenvalue weighted by Crippen LogP contribution is 2.09. The molecule has 2 rings (SSSR count). The Bertz CT molecular complexity index is 300. The highest BCUT2D eigenvalue weighted by molar-refractivity contribution is 5.12. The van der Waals surface area contributed by atoms with E-state index in [9.17, 15) is 4.39 Å². The molecule has 1 saturated heterocycles. The van der Waals surface area contributed by atoms with E-state index in [1.165, 1.54) is 6.20 Å². The number of nitrogens with zero attached hydrogens (tertiary/aromatic N) is 2. The fraction of sp³-hybridized carbons (Fsp3) is 0.500. The number of pyridine rings is 1. The fourth-order valence-electron chi connectivity index (χ4n) is 1.53. The third kappa shape index (κ3) is 2.27. The number of morpholine rings is 1. The smallest absolute Gasteiger partial charge is 0.145 e. The third-order valence-electron chi connectivity index (χ3n) is 2.35. The first kappa shape index (κ1) is 9.55. The predicted octanol–water partition coefficient (Wildman–Crippen LogP) is 1.05. The van der Waals surface area contributed by atoms with Crippen molar-refractivity contribution in [1.29, 1.82) is 0 Å². The molecule has 2 heterocycles. The van der Waals surface area contributed by atoms with Crippen molar-refractivity contribution < 1.29 is 9.13 Å². The number of halogens is 1. The van der Waals surface area contributed by atoms with Gasteiger partial charge in [0.1, 0.15) is 5.82 Å². The average molecular weight is 196 g/mol. The Hall–Kier alpha value is -1.00. The van der Waals surface area contributed by atoms with E-state index < -0.39 is 0 Å². The molecule has 0 unspecified atom stereocenters. The lowest BCUT2D eigenvalue weighted by Crippen LogP contribution is -2.35. The van der Waals surface area contributed by atoms with Gasteiger partial charge in [-0.15, -0.1) is 0 Å². The standard InChI is InChI=1S/C10H13FN2O/c11-10-7-12-2-1-9(10)8-13-3-5-14-6-4-13/h1-2,7H,3-6,8H2. The second kappa shape index (κ2) is 4.48. The van der Waals surface area contributed by atoms with Crippen molar-refractivity contribution in [2.75, 3.05) is 26.3 Å². The molecule has 0 radical (unpaired) electrons. The molecule has 14 heavy (non-hydrogen) atoms. The van der Waals surface area contributed by atoms with Crippen molar-refractivity contribution >= 4 is 0 Å². The molecule has 1 aromatic rings. The molecule has 3 nitrogen and oxygen atoms in total. The summed E-state index contributed by atoms with van der Waals surface area (Å²) in [7, 11) is 0. The van der Waals surface area contributed by atoms with Gasteiger partial charge in [-0.3, -0.25) is 9.88 Å². The summed E-state index contributed by atoms with van der Waals surface area (Å²) in [5.74, 6) is -0.223. The topological polar surface area (TPSA) is 25.4 Å². The molecule has 0 spiro atoms. The van der Waals surface area contributed by atoms with Crippen LogP contribution in [0.4, 0.5) is 4.39 Å². The van der Waals surface area contributed by atoms with Gasteiger partial charge in [0, 0.05) is 31.4 Å². The lowest BCUT2D eigenvalue weighted by atomic mass is 10.2. The van der Waals surface area contributed by atoms with Gasteiger partial charge in [0.05, 0.1) is 19.4 Å². The summed E-state index contributed by atoms with van der Waals surface area (Å²) in [6.45, 7) is 3.89. The zero-order chi connectivity index (χ0) is 9.80. The molecule has 0 atom stereocenters. The van der Waals surface area contributed by atoms with Crippen LogP contribution in [-0.4, -0.2) is 36.2 Å². The maximum absolute atomic E-state index is 13.2. The van der Waals surface area contributed by atoms with Gasteiger partial charge in [-0.2, -0.15) is 0 Å². The quantitative estimate of drug-likeness (QED) is 0.707. The Labute approximate surface area is 82.5 Å². The molecule has 0 bridgehead atoms. The maximum atomic E-state index is 13.2. The Morgan fingerprint density at radius 3 is 2.93 bits per heavy atom. The Morgan fingerprint density at radius 2 is 2.21 bits per heavy atom. The Morgan fingerprint density at radius 1 is 1.43 bits per heavy atom. The van der Waals surface area contributed by atoms with Crippen molar-refractivity contribution in [2.24, 2.45) is 0 Å². The molecular formula is C10H13FN2O. The number of aromatic nitrogens is 1. The summed E-state index contributed by atoms with van der Waals surface area (Å²) < 4.78 is 18.4. The highest BCUT2D eigenvalue weighted by atomic mass is 19.1. The minimum atomic E-state index is -0.223. The van der Waals surface area contributed by atoms with E-state index in [4.69, 9.17) is 4.74 Å². The summed E-state index contributed by atoms with van der Waals surface area (Å²) in [5.41, 5.74) is 0.710. The van der Waals surface area contributed by atoms with Crippen LogP contribution in [-0.2, 0) is 11.3 Å². The van der Waals surface area contributed by atoms with Crippen molar-refractivity contribution in [3.63, 3.8) is 0 Å². The predicted molar refractivity (Wildman–Crippen MR) is 50.3 cm³/mol. The molecule has 1 aliphatic heterocycles. The molecule has 0 aliphatic carbocycles. The normalized spacial score (nSPS) is 18.4. The Kier molecular flexibility index (Phi) is 3.06. The zero-order valence-corrected chi connectivity index (χ0v) is 7.95. The average Bonchev–Trinajstić information content (AvgIpc) is 2.23. The van der Waals surface area contributed by atoms with Crippen LogP contribution >= 0.6 is 0 Å². The van der Waals surface area contributed by atoms with E-state index in [1.807, 2.05) is 0 Å². The van der Waals surface area contributed by atoms with Gasteiger partial charge in [-0.05, 0) is 6.07 Å². The minimum Gasteiger partial charge on any atom is -0.379 e. The monoisotopic (exact) mass is 196 g/mol. The number of rotatable bonds is 2. The van der Waals surface area contributed by atoms with Crippen molar-refractivity contribution in [2.45, 2.75) is 6.54 Å². The summed E-state index contributed by atoms with van der Waals surface area (Å²) >= 11 is 0. The van der Waals surface area contributed by atoms with Gasteiger partial charge < -0.3 is 4.74 Å². The SMILES string of the molecule is Fc1cnccc1CN1CCOCC1. The van der Waals surface area contributed by atoms with E-state index in [-0.39, 0.29) is 5.82 Å². The number of hydrogen-bond donors (Lipinski definition) is 0. The molecule has 4 heteroatoms. The van der Waals surface area contributed by atoms with Crippen LogP contribution in [0.15, 0.2) is 18.5 Å². The lowest BCUT2D eigenvalue weighted by Gasteiger charge is -2.26.